The first kappa shape index (κ1) is 22.9. The van der Waals surface area contributed by atoms with Crippen LogP contribution in [0.2, 0.25) is 0 Å². The van der Waals surface area contributed by atoms with Gasteiger partial charge in [0.25, 0.3) is 5.91 Å². The molecule has 0 spiro atoms. The fraction of sp³-hybridized carbons (Fsp3) is 0.609. The third kappa shape index (κ3) is 6.05. The molecule has 6 heteroatoms. The highest BCUT2D eigenvalue weighted by Gasteiger charge is 2.34. The number of hydrogen-bond donors (Lipinski definition) is 2. The summed E-state index contributed by atoms with van der Waals surface area (Å²) in [6.07, 6.45) is 2.22. The predicted molar refractivity (Wildman–Crippen MR) is 114 cm³/mol. The molecule has 1 saturated heterocycles. The van der Waals surface area contributed by atoms with Crippen molar-refractivity contribution < 1.29 is 14.4 Å². The van der Waals surface area contributed by atoms with Crippen LogP contribution in [-0.2, 0) is 9.59 Å². The van der Waals surface area contributed by atoms with Gasteiger partial charge < -0.3 is 15.5 Å². The smallest absolute Gasteiger partial charge is 0.252 e. The third-order valence-electron chi connectivity index (χ3n) is 5.78. The summed E-state index contributed by atoms with van der Waals surface area (Å²) in [7, 11) is 0. The van der Waals surface area contributed by atoms with Gasteiger partial charge in [0.15, 0.2) is 0 Å². The second-order valence-electron chi connectivity index (χ2n) is 8.40. The number of piperidine rings is 1. The second-order valence-corrected chi connectivity index (χ2v) is 8.40. The lowest BCUT2D eigenvalue weighted by atomic mass is 9.87. The van der Waals surface area contributed by atoms with Crippen LogP contribution >= 0.6 is 0 Å². The molecule has 29 heavy (non-hydrogen) atoms. The van der Waals surface area contributed by atoms with E-state index in [-0.39, 0.29) is 35.6 Å². The van der Waals surface area contributed by atoms with Gasteiger partial charge in [-0.05, 0) is 50.7 Å². The van der Waals surface area contributed by atoms with E-state index in [1.807, 2.05) is 57.7 Å². The number of likely N-dealkylation sites (tertiary alicyclic amines) is 1. The lowest BCUT2D eigenvalue weighted by Crippen LogP contribution is -2.55. The minimum atomic E-state index is -0.604. The van der Waals surface area contributed by atoms with Crippen molar-refractivity contribution in [3.63, 3.8) is 0 Å². The van der Waals surface area contributed by atoms with Gasteiger partial charge in [0.2, 0.25) is 11.8 Å². The highest BCUT2D eigenvalue weighted by atomic mass is 16.2. The second kappa shape index (κ2) is 10.4. The average Bonchev–Trinajstić information content (AvgIpc) is 2.71. The number of carbonyl (C=O) groups is 3. The molecule has 6 nitrogen and oxygen atoms in total. The summed E-state index contributed by atoms with van der Waals surface area (Å²) in [6.45, 7) is 10.9. The van der Waals surface area contributed by atoms with E-state index in [2.05, 4.69) is 10.6 Å². The van der Waals surface area contributed by atoms with E-state index >= 15 is 0 Å². The first-order valence-corrected chi connectivity index (χ1v) is 10.7. The summed E-state index contributed by atoms with van der Waals surface area (Å²) in [4.78, 5) is 40.0. The van der Waals surface area contributed by atoms with Crippen molar-refractivity contribution in [2.75, 3.05) is 13.1 Å². The summed E-state index contributed by atoms with van der Waals surface area (Å²) < 4.78 is 0. The van der Waals surface area contributed by atoms with Crippen LogP contribution in [0.5, 0.6) is 0 Å². The van der Waals surface area contributed by atoms with Crippen LogP contribution in [0.1, 0.15) is 62.9 Å². The molecule has 1 heterocycles. The van der Waals surface area contributed by atoms with Gasteiger partial charge >= 0.3 is 0 Å². The maximum atomic E-state index is 13.0. The molecule has 0 saturated carbocycles. The van der Waals surface area contributed by atoms with E-state index in [4.69, 9.17) is 0 Å². The average molecular weight is 402 g/mol. The van der Waals surface area contributed by atoms with Gasteiger partial charge in [0.1, 0.15) is 6.04 Å². The monoisotopic (exact) mass is 401 g/mol. The number of amides is 3. The summed E-state index contributed by atoms with van der Waals surface area (Å²) in [5.41, 5.74) is 1.46. The van der Waals surface area contributed by atoms with Gasteiger partial charge in [-0.3, -0.25) is 14.4 Å². The van der Waals surface area contributed by atoms with E-state index in [0.29, 0.717) is 31.5 Å². The van der Waals surface area contributed by atoms with Crippen LogP contribution in [0.25, 0.3) is 0 Å². The third-order valence-corrected chi connectivity index (χ3v) is 5.78. The first-order chi connectivity index (χ1) is 13.7. The van der Waals surface area contributed by atoms with E-state index in [0.717, 1.165) is 12.0 Å². The SMILES string of the molecule is CC[C@@H](C)NC(=O)[C@@H](NC(=O)c1ccccc1C)C1CCN(C(=O)C(C)C)CC1. The van der Waals surface area contributed by atoms with Gasteiger partial charge in [-0.1, -0.05) is 39.0 Å². The number of benzene rings is 1. The largest absolute Gasteiger partial charge is 0.352 e. The van der Waals surface area contributed by atoms with Crippen molar-refractivity contribution >= 4 is 17.7 Å². The van der Waals surface area contributed by atoms with Gasteiger partial charge in [0, 0.05) is 30.6 Å². The van der Waals surface area contributed by atoms with Crippen molar-refractivity contribution in [3.8, 4) is 0 Å². The summed E-state index contributed by atoms with van der Waals surface area (Å²) >= 11 is 0. The van der Waals surface area contributed by atoms with Crippen molar-refractivity contribution in [1.82, 2.24) is 15.5 Å². The number of nitrogens with zero attached hydrogens (tertiary/aromatic N) is 1. The fourth-order valence-electron chi connectivity index (χ4n) is 3.70. The molecule has 1 aliphatic heterocycles. The summed E-state index contributed by atoms with van der Waals surface area (Å²) in [5, 5.41) is 6.00. The van der Waals surface area contributed by atoms with E-state index in [1.165, 1.54) is 0 Å². The highest BCUT2D eigenvalue weighted by Crippen LogP contribution is 2.23. The Morgan fingerprint density at radius 3 is 2.24 bits per heavy atom. The molecule has 3 amide bonds. The minimum Gasteiger partial charge on any atom is -0.352 e. The van der Waals surface area contributed by atoms with Crippen molar-refractivity contribution in [1.29, 1.82) is 0 Å². The molecule has 0 radical (unpaired) electrons. The van der Waals surface area contributed by atoms with Crippen molar-refractivity contribution in [2.24, 2.45) is 11.8 Å². The maximum absolute atomic E-state index is 13.0. The lowest BCUT2D eigenvalue weighted by molar-refractivity contribution is -0.136. The van der Waals surface area contributed by atoms with Crippen LogP contribution in [0.4, 0.5) is 0 Å². The number of carbonyl (C=O) groups excluding carboxylic acids is 3. The van der Waals surface area contributed by atoms with E-state index in [9.17, 15) is 14.4 Å². The standard InChI is InChI=1S/C23H35N3O3/c1-6-17(5)24-22(28)20(25-21(27)19-10-8-7-9-16(19)4)18-11-13-26(14-12-18)23(29)15(2)3/h7-10,15,17-18,20H,6,11-14H2,1-5H3,(H,24,28)(H,25,27)/t17-,20+/m1/s1. The predicted octanol–water partition coefficient (Wildman–Crippen LogP) is 2.90. The molecule has 160 valence electrons. The van der Waals surface area contributed by atoms with Crippen LogP contribution in [0.15, 0.2) is 24.3 Å². The molecule has 2 rings (SSSR count). The number of hydrogen-bond acceptors (Lipinski definition) is 3. The van der Waals surface area contributed by atoms with Gasteiger partial charge in [-0.15, -0.1) is 0 Å². The Balaban J connectivity index is 2.13. The van der Waals surface area contributed by atoms with Crippen LogP contribution in [-0.4, -0.2) is 47.8 Å². The van der Waals surface area contributed by atoms with Gasteiger partial charge in [-0.2, -0.15) is 0 Å². The van der Waals surface area contributed by atoms with Crippen LogP contribution in [0, 0.1) is 18.8 Å². The Bertz CT molecular complexity index is 724. The minimum absolute atomic E-state index is 0.00300. The number of rotatable bonds is 7. The zero-order valence-corrected chi connectivity index (χ0v) is 18.3. The Labute approximate surface area is 174 Å². The lowest BCUT2D eigenvalue weighted by Gasteiger charge is -2.36. The molecule has 0 bridgehead atoms. The van der Waals surface area contributed by atoms with Crippen molar-refractivity contribution in [3.05, 3.63) is 35.4 Å². The fourth-order valence-corrected chi connectivity index (χ4v) is 3.70. The molecule has 1 aromatic carbocycles. The topological polar surface area (TPSA) is 78.5 Å². The number of nitrogens with one attached hydrogen (secondary N) is 2. The molecule has 1 fully saturated rings. The summed E-state index contributed by atoms with van der Waals surface area (Å²) in [5.74, 6) is -0.254. The maximum Gasteiger partial charge on any atom is 0.252 e. The number of aryl methyl sites for hydroxylation is 1. The Morgan fingerprint density at radius 2 is 1.69 bits per heavy atom. The molecule has 2 N–H and O–H groups in total. The summed E-state index contributed by atoms with van der Waals surface area (Å²) in [6, 6.07) is 6.82. The van der Waals surface area contributed by atoms with Gasteiger partial charge in [-0.25, -0.2) is 0 Å². The zero-order chi connectivity index (χ0) is 21.6. The van der Waals surface area contributed by atoms with Crippen LogP contribution in [0.3, 0.4) is 0 Å². The highest BCUT2D eigenvalue weighted by molar-refractivity contribution is 5.98. The molecular weight excluding hydrogens is 366 g/mol. The molecule has 1 aliphatic rings. The molecule has 0 unspecified atom stereocenters. The molecule has 0 aliphatic carbocycles. The Hall–Kier alpha value is -2.37. The van der Waals surface area contributed by atoms with E-state index in [1.54, 1.807) is 6.07 Å². The van der Waals surface area contributed by atoms with E-state index < -0.39 is 6.04 Å². The normalized spacial score (nSPS) is 17.0. The molecule has 1 aromatic rings. The Kier molecular flexibility index (Phi) is 8.23. The Morgan fingerprint density at radius 1 is 1.07 bits per heavy atom. The molecule has 2 atom stereocenters. The molecule has 0 aromatic heterocycles. The van der Waals surface area contributed by atoms with Crippen LogP contribution < -0.4 is 10.6 Å². The van der Waals surface area contributed by atoms with Crippen molar-refractivity contribution in [2.45, 2.75) is 66.0 Å². The molecular formula is C23H35N3O3. The quantitative estimate of drug-likeness (QED) is 0.737. The first-order valence-electron chi connectivity index (χ1n) is 10.7. The van der Waals surface area contributed by atoms with Gasteiger partial charge in [0.05, 0.1) is 0 Å². The zero-order valence-electron chi connectivity index (χ0n) is 18.3.